The van der Waals surface area contributed by atoms with Crippen LogP contribution in [0.25, 0.3) is 16.5 Å². The Morgan fingerprint density at radius 2 is 1.85 bits per heavy atom. The Bertz CT molecular complexity index is 1460. The number of fused-ring (bicyclic) bond motifs is 2. The molecule has 0 fully saturated rings. The van der Waals surface area contributed by atoms with Crippen molar-refractivity contribution in [2.24, 2.45) is 0 Å². The van der Waals surface area contributed by atoms with Crippen LogP contribution in [0.3, 0.4) is 0 Å². The van der Waals surface area contributed by atoms with Gasteiger partial charge in [0.1, 0.15) is 0 Å². The molecule has 2 heterocycles. The predicted octanol–water partition coefficient (Wildman–Crippen LogP) is 6.01. The number of aromatic nitrogens is 1. The number of aryl methyl sites for hydroxylation is 2. The van der Waals surface area contributed by atoms with Gasteiger partial charge in [0.2, 0.25) is 0 Å². The van der Waals surface area contributed by atoms with Gasteiger partial charge in [0, 0.05) is 29.3 Å². The lowest BCUT2D eigenvalue weighted by Gasteiger charge is -2.30. The number of hydrogen-bond donors (Lipinski definition) is 0. The molecule has 1 aliphatic rings. The molecule has 0 bridgehead atoms. The molecule has 4 heteroatoms. The second kappa shape index (κ2) is 8.37. The third-order valence-electron chi connectivity index (χ3n) is 6.18. The SMILES string of the molecule is Cc1ccc2nc(C3=CN(CC(=O)c4ccccc4)c4ccc(C)c(C#N)c4C3)ccc2c1. The lowest BCUT2D eigenvalue weighted by atomic mass is 9.90. The van der Waals surface area contributed by atoms with Crippen molar-refractivity contribution in [2.75, 3.05) is 11.4 Å². The zero-order chi connectivity index (χ0) is 22.9. The van der Waals surface area contributed by atoms with Crippen molar-refractivity contribution in [3.63, 3.8) is 0 Å². The molecule has 4 nitrogen and oxygen atoms in total. The van der Waals surface area contributed by atoms with Gasteiger partial charge >= 0.3 is 0 Å². The van der Waals surface area contributed by atoms with E-state index in [9.17, 15) is 10.1 Å². The topological polar surface area (TPSA) is 57.0 Å². The normalized spacial score (nSPS) is 12.8. The van der Waals surface area contributed by atoms with Gasteiger partial charge in [-0.2, -0.15) is 5.26 Å². The van der Waals surface area contributed by atoms with Crippen molar-refractivity contribution in [1.82, 2.24) is 4.98 Å². The average Bonchev–Trinajstić information content (AvgIpc) is 2.84. The quantitative estimate of drug-likeness (QED) is 0.373. The van der Waals surface area contributed by atoms with Crippen LogP contribution in [-0.2, 0) is 6.42 Å². The smallest absolute Gasteiger partial charge is 0.182 e. The lowest BCUT2D eigenvalue weighted by molar-refractivity contribution is 0.100. The first-order chi connectivity index (χ1) is 16.0. The summed E-state index contributed by atoms with van der Waals surface area (Å²) in [6, 6.07) is 26.0. The zero-order valence-electron chi connectivity index (χ0n) is 18.7. The van der Waals surface area contributed by atoms with Crippen molar-refractivity contribution in [3.8, 4) is 6.07 Å². The molecule has 3 aromatic carbocycles. The average molecular weight is 430 g/mol. The molecule has 0 saturated carbocycles. The van der Waals surface area contributed by atoms with Crippen molar-refractivity contribution in [2.45, 2.75) is 20.3 Å². The van der Waals surface area contributed by atoms with E-state index in [0.29, 0.717) is 17.5 Å². The summed E-state index contributed by atoms with van der Waals surface area (Å²) in [4.78, 5) is 19.9. The number of benzene rings is 3. The van der Waals surface area contributed by atoms with Crippen LogP contribution >= 0.6 is 0 Å². The van der Waals surface area contributed by atoms with E-state index in [1.165, 1.54) is 5.56 Å². The maximum atomic E-state index is 13.0. The number of allylic oxidation sites excluding steroid dienone is 1. The number of carbonyl (C=O) groups excluding carboxylic acids is 1. The van der Waals surface area contributed by atoms with Gasteiger partial charge in [-0.1, -0.05) is 54.1 Å². The monoisotopic (exact) mass is 429 g/mol. The molecule has 0 radical (unpaired) electrons. The summed E-state index contributed by atoms with van der Waals surface area (Å²) in [5, 5.41) is 11.0. The van der Waals surface area contributed by atoms with Crippen LogP contribution in [0.2, 0.25) is 0 Å². The maximum Gasteiger partial charge on any atom is 0.182 e. The number of carbonyl (C=O) groups is 1. The Labute approximate surface area is 193 Å². The van der Waals surface area contributed by atoms with Crippen molar-refractivity contribution < 1.29 is 4.79 Å². The molecule has 0 spiro atoms. The van der Waals surface area contributed by atoms with Crippen LogP contribution in [0.15, 0.2) is 79.0 Å². The Kier molecular flexibility index (Phi) is 5.24. The predicted molar refractivity (Wildman–Crippen MR) is 132 cm³/mol. The molecule has 0 N–H and O–H groups in total. The Hall–Kier alpha value is -4.23. The van der Waals surface area contributed by atoms with E-state index < -0.39 is 0 Å². The molecule has 1 aromatic heterocycles. The van der Waals surface area contributed by atoms with Gasteiger partial charge in [-0.3, -0.25) is 4.79 Å². The highest BCUT2D eigenvalue weighted by Gasteiger charge is 2.25. The van der Waals surface area contributed by atoms with Gasteiger partial charge < -0.3 is 4.90 Å². The first kappa shape index (κ1) is 20.7. The van der Waals surface area contributed by atoms with Crippen molar-refractivity contribution in [3.05, 3.63) is 113 Å². The number of hydrogen-bond acceptors (Lipinski definition) is 4. The lowest BCUT2D eigenvalue weighted by Crippen LogP contribution is -2.29. The number of rotatable bonds is 4. The van der Waals surface area contributed by atoms with Crippen LogP contribution in [0.5, 0.6) is 0 Å². The van der Waals surface area contributed by atoms with E-state index in [4.69, 9.17) is 4.98 Å². The fraction of sp³-hybridized carbons (Fsp3) is 0.138. The van der Waals surface area contributed by atoms with Gasteiger partial charge in [0.25, 0.3) is 0 Å². The van der Waals surface area contributed by atoms with Crippen molar-refractivity contribution >= 4 is 27.9 Å². The van der Waals surface area contributed by atoms with Crippen LogP contribution in [0.1, 0.15) is 38.3 Å². The summed E-state index contributed by atoms with van der Waals surface area (Å²) in [6.07, 6.45) is 2.61. The molecular weight excluding hydrogens is 406 g/mol. The third kappa shape index (κ3) is 3.90. The van der Waals surface area contributed by atoms with Crippen LogP contribution < -0.4 is 4.90 Å². The van der Waals surface area contributed by atoms with Crippen LogP contribution in [0, 0.1) is 25.2 Å². The Balaban J connectivity index is 1.60. The molecule has 4 aromatic rings. The summed E-state index contributed by atoms with van der Waals surface area (Å²) in [5.41, 5.74) is 8.12. The Morgan fingerprint density at radius 1 is 1.03 bits per heavy atom. The number of Topliss-reactive ketones (excluding diaryl/α,β-unsaturated/α-hetero) is 1. The number of ketones is 1. The third-order valence-corrected chi connectivity index (χ3v) is 6.18. The first-order valence-electron chi connectivity index (χ1n) is 11.0. The van der Waals surface area contributed by atoms with Gasteiger partial charge in [-0.25, -0.2) is 4.98 Å². The molecule has 0 unspecified atom stereocenters. The molecular formula is C29H23N3O. The highest BCUT2D eigenvalue weighted by molar-refractivity contribution is 6.00. The van der Waals surface area contributed by atoms with E-state index >= 15 is 0 Å². The fourth-order valence-corrected chi connectivity index (χ4v) is 4.43. The highest BCUT2D eigenvalue weighted by atomic mass is 16.1. The highest BCUT2D eigenvalue weighted by Crippen LogP contribution is 2.36. The summed E-state index contributed by atoms with van der Waals surface area (Å²) in [5.74, 6) is 0.0279. The van der Waals surface area contributed by atoms with Crippen LogP contribution in [-0.4, -0.2) is 17.3 Å². The van der Waals surface area contributed by atoms with Crippen LogP contribution in [0.4, 0.5) is 5.69 Å². The van der Waals surface area contributed by atoms with E-state index in [0.717, 1.165) is 39.0 Å². The molecule has 1 aliphatic heterocycles. The summed E-state index contributed by atoms with van der Waals surface area (Å²) < 4.78 is 0. The molecule has 33 heavy (non-hydrogen) atoms. The number of anilines is 1. The largest absolute Gasteiger partial charge is 0.340 e. The number of nitrogens with zero attached hydrogens (tertiary/aromatic N) is 3. The molecule has 0 atom stereocenters. The second-order valence-corrected chi connectivity index (χ2v) is 8.51. The zero-order valence-corrected chi connectivity index (χ0v) is 18.7. The molecule has 0 amide bonds. The van der Waals surface area contributed by atoms with E-state index in [2.05, 4.69) is 31.2 Å². The Morgan fingerprint density at radius 3 is 2.64 bits per heavy atom. The number of nitriles is 1. The van der Waals surface area contributed by atoms with E-state index in [-0.39, 0.29) is 12.3 Å². The van der Waals surface area contributed by atoms with Crippen molar-refractivity contribution in [1.29, 1.82) is 5.26 Å². The van der Waals surface area contributed by atoms with Gasteiger partial charge in [-0.05, 0) is 54.8 Å². The maximum absolute atomic E-state index is 13.0. The van der Waals surface area contributed by atoms with E-state index in [1.807, 2.05) is 72.6 Å². The summed E-state index contributed by atoms with van der Waals surface area (Å²) in [7, 11) is 0. The van der Waals surface area contributed by atoms with Gasteiger partial charge in [-0.15, -0.1) is 0 Å². The molecule has 0 saturated heterocycles. The fourth-order valence-electron chi connectivity index (χ4n) is 4.43. The minimum absolute atomic E-state index is 0.0279. The molecule has 0 aliphatic carbocycles. The standard InChI is InChI=1S/C29H23N3O/c1-19-8-11-26-22(14-19)10-12-27(31-26)23-15-24-25(16-30)20(2)9-13-28(24)32(17-23)18-29(33)21-6-4-3-5-7-21/h3-14,17H,15,18H2,1-2H3. The minimum Gasteiger partial charge on any atom is -0.340 e. The summed E-state index contributed by atoms with van der Waals surface area (Å²) >= 11 is 0. The molecule has 160 valence electrons. The summed E-state index contributed by atoms with van der Waals surface area (Å²) in [6.45, 7) is 4.22. The molecule has 5 rings (SSSR count). The van der Waals surface area contributed by atoms with E-state index in [1.54, 1.807) is 0 Å². The minimum atomic E-state index is 0.0279. The number of pyridine rings is 1. The van der Waals surface area contributed by atoms with Gasteiger partial charge in [0.15, 0.2) is 5.78 Å². The second-order valence-electron chi connectivity index (χ2n) is 8.51. The van der Waals surface area contributed by atoms with Gasteiger partial charge in [0.05, 0.1) is 29.4 Å². The first-order valence-corrected chi connectivity index (χ1v) is 11.0.